The SMILES string of the molecule is CSc1ccc(C(=O)Nc2ccc(N3CC(C)OC(C)C3)c(F)c2)cc1. The smallest absolute Gasteiger partial charge is 0.255 e. The first-order chi connectivity index (χ1) is 12.5. The summed E-state index contributed by atoms with van der Waals surface area (Å²) in [5, 5.41) is 2.76. The van der Waals surface area contributed by atoms with Gasteiger partial charge in [0.15, 0.2) is 0 Å². The van der Waals surface area contributed by atoms with E-state index in [2.05, 4.69) is 5.32 Å². The predicted molar refractivity (Wildman–Crippen MR) is 105 cm³/mol. The molecule has 0 saturated carbocycles. The van der Waals surface area contributed by atoms with Crippen molar-refractivity contribution in [2.45, 2.75) is 31.0 Å². The maximum atomic E-state index is 14.6. The Morgan fingerprint density at radius 3 is 2.38 bits per heavy atom. The number of morpholine rings is 1. The Morgan fingerprint density at radius 1 is 1.15 bits per heavy atom. The molecular weight excluding hydrogens is 351 g/mol. The van der Waals surface area contributed by atoms with Crippen LogP contribution in [0.5, 0.6) is 0 Å². The van der Waals surface area contributed by atoms with Crippen LogP contribution in [0, 0.1) is 5.82 Å². The van der Waals surface area contributed by atoms with Gasteiger partial charge in [0.05, 0.1) is 17.9 Å². The van der Waals surface area contributed by atoms with Crippen LogP contribution >= 0.6 is 11.8 Å². The molecule has 1 N–H and O–H groups in total. The number of amides is 1. The van der Waals surface area contributed by atoms with E-state index in [4.69, 9.17) is 4.74 Å². The minimum atomic E-state index is -0.346. The van der Waals surface area contributed by atoms with E-state index in [1.54, 1.807) is 36.0 Å². The minimum absolute atomic E-state index is 0.0572. The van der Waals surface area contributed by atoms with Crippen LogP contribution in [0.2, 0.25) is 0 Å². The van der Waals surface area contributed by atoms with Crippen molar-refractivity contribution >= 4 is 29.0 Å². The molecule has 0 radical (unpaired) electrons. The number of nitrogens with zero attached hydrogens (tertiary/aromatic N) is 1. The number of hydrogen-bond donors (Lipinski definition) is 1. The first-order valence-corrected chi connectivity index (χ1v) is 9.84. The lowest BCUT2D eigenvalue weighted by atomic mass is 10.1. The Morgan fingerprint density at radius 2 is 1.81 bits per heavy atom. The molecule has 1 fully saturated rings. The zero-order valence-corrected chi connectivity index (χ0v) is 16.0. The Kier molecular flexibility index (Phi) is 5.84. The monoisotopic (exact) mass is 374 g/mol. The van der Waals surface area contributed by atoms with Crippen LogP contribution in [-0.4, -0.2) is 37.5 Å². The van der Waals surface area contributed by atoms with Gasteiger partial charge in [0.2, 0.25) is 0 Å². The van der Waals surface area contributed by atoms with Crippen LogP contribution in [0.25, 0.3) is 0 Å². The quantitative estimate of drug-likeness (QED) is 0.805. The number of benzene rings is 2. The average molecular weight is 374 g/mol. The van der Waals surface area contributed by atoms with Gasteiger partial charge in [0.1, 0.15) is 5.82 Å². The topological polar surface area (TPSA) is 41.6 Å². The summed E-state index contributed by atoms with van der Waals surface area (Å²) < 4.78 is 20.3. The van der Waals surface area contributed by atoms with E-state index >= 15 is 0 Å². The van der Waals surface area contributed by atoms with Gasteiger partial charge >= 0.3 is 0 Å². The number of nitrogens with one attached hydrogen (secondary N) is 1. The van der Waals surface area contributed by atoms with Crippen molar-refractivity contribution in [2.24, 2.45) is 0 Å². The van der Waals surface area contributed by atoms with Gasteiger partial charge in [-0.3, -0.25) is 4.79 Å². The summed E-state index contributed by atoms with van der Waals surface area (Å²) in [4.78, 5) is 15.4. The van der Waals surface area contributed by atoms with Gasteiger partial charge < -0.3 is 15.0 Å². The van der Waals surface area contributed by atoms with Crippen molar-refractivity contribution in [3.05, 3.63) is 53.8 Å². The molecular formula is C20H23FN2O2S. The van der Waals surface area contributed by atoms with Crippen LogP contribution in [-0.2, 0) is 4.74 Å². The second-order valence-corrected chi connectivity index (χ2v) is 7.39. The maximum Gasteiger partial charge on any atom is 0.255 e. The van der Waals surface area contributed by atoms with Crippen molar-refractivity contribution in [1.82, 2.24) is 0 Å². The number of halogens is 1. The van der Waals surface area contributed by atoms with Gasteiger partial charge in [0.25, 0.3) is 5.91 Å². The molecule has 1 aliphatic heterocycles. The minimum Gasteiger partial charge on any atom is -0.372 e. The Balaban J connectivity index is 1.71. The molecule has 0 aromatic heterocycles. The molecule has 1 saturated heterocycles. The van der Waals surface area contributed by atoms with Gasteiger partial charge in [-0.15, -0.1) is 11.8 Å². The molecule has 0 spiro atoms. The van der Waals surface area contributed by atoms with Crippen LogP contribution < -0.4 is 10.2 Å². The maximum absolute atomic E-state index is 14.6. The average Bonchev–Trinajstić information content (AvgIpc) is 2.61. The first kappa shape index (κ1) is 18.7. The van der Waals surface area contributed by atoms with Crippen molar-refractivity contribution in [3.63, 3.8) is 0 Å². The van der Waals surface area contributed by atoms with Gasteiger partial charge in [-0.25, -0.2) is 4.39 Å². The van der Waals surface area contributed by atoms with Crippen molar-refractivity contribution in [1.29, 1.82) is 0 Å². The molecule has 0 aliphatic carbocycles. The van der Waals surface area contributed by atoms with E-state index in [1.807, 2.05) is 37.1 Å². The Hall–Kier alpha value is -2.05. The largest absolute Gasteiger partial charge is 0.372 e. The van der Waals surface area contributed by atoms with E-state index in [0.29, 0.717) is 30.0 Å². The zero-order chi connectivity index (χ0) is 18.7. The summed E-state index contributed by atoms with van der Waals surface area (Å²) in [7, 11) is 0. The fraction of sp³-hybridized carbons (Fsp3) is 0.350. The molecule has 6 heteroatoms. The molecule has 26 heavy (non-hydrogen) atoms. The van der Waals surface area contributed by atoms with E-state index in [-0.39, 0.29) is 23.9 Å². The van der Waals surface area contributed by atoms with Crippen molar-refractivity contribution in [3.8, 4) is 0 Å². The fourth-order valence-corrected chi connectivity index (χ4v) is 3.57. The highest BCUT2D eigenvalue weighted by atomic mass is 32.2. The second-order valence-electron chi connectivity index (χ2n) is 6.51. The van der Waals surface area contributed by atoms with E-state index in [1.165, 1.54) is 6.07 Å². The normalized spacial score (nSPS) is 20.1. The highest BCUT2D eigenvalue weighted by Crippen LogP contribution is 2.26. The van der Waals surface area contributed by atoms with Crippen molar-refractivity contribution < 1.29 is 13.9 Å². The lowest BCUT2D eigenvalue weighted by Gasteiger charge is -2.37. The fourth-order valence-electron chi connectivity index (χ4n) is 3.16. The number of hydrogen-bond acceptors (Lipinski definition) is 4. The molecule has 2 atom stereocenters. The molecule has 2 aromatic carbocycles. The number of ether oxygens (including phenoxy) is 1. The van der Waals surface area contributed by atoms with Crippen molar-refractivity contribution in [2.75, 3.05) is 29.6 Å². The van der Waals surface area contributed by atoms with Crippen LogP contribution in [0.1, 0.15) is 24.2 Å². The third kappa shape index (κ3) is 4.37. The van der Waals surface area contributed by atoms with Gasteiger partial charge in [0, 0.05) is 29.2 Å². The summed E-state index contributed by atoms with van der Waals surface area (Å²) in [5.74, 6) is -0.597. The van der Waals surface area contributed by atoms with Crippen LogP contribution in [0.15, 0.2) is 47.4 Å². The lowest BCUT2D eigenvalue weighted by Crippen LogP contribution is -2.45. The lowest BCUT2D eigenvalue weighted by molar-refractivity contribution is -0.00539. The number of carbonyl (C=O) groups is 1. The second kappa shape index (κ2) is 8.10. The molecule has 1 heterocycles. The molecule has 138 valence electrons. The summed E-state index contributed by atoms with van der Waals surface area (Å²) in [5.41, 5.74) is 1.52. The summed E-state index contributed by atoms with van der Waals surface area (Å²) in [6.07, 6.45) is 2.10. The molecule has 3 rings (SSSR count). The molecule has 2 aromatic rings. The number of thioether (sulfide) groups is 1. The van der Waals surface area contributed by atoms with E-state index in [0.717, 1.165) is 4.90 Å². The summed E-state index contributed by atoms with van der Waals surface area (Å²) in [6.45, 7) is 5.26. The molecule has 4 nitrogen and oxygen atoms in total. The number of anilines is 2. The molecule has 2 unspecified atom stereocenters. The van der Waals surface area contributed by atoms with Crippen LogP contribution in [0.4, 0.5) is 15.8 Å². The molecule has 0 bridgehead atoms. The van der Waals surface area contributed by atoms with Gasteiger partial charge in [-0.2, -0.15) is 0 Å². The number of carbonyl (C=O) groups excluding carboxylic acids is 1. The highest BCUT2D eigenvalue weighted by molar-refractivity contribution is 7.98. The predicted octanol–water partition coefficient (Wildman–Crippen LogP) is 4.41. The number of rotatable bonds is 4. The molecule has 1 amide bonds. The van der Waals surface area contributed by atoms with Gasteiger partial charge in [-0.1, -0.05) is 0 Å². The first-order valence-electron chi connectivity index (χ1n) is 8.61. The summed E-state index contributed by atoms with van der Waals surface area (Å²) in [6, 6.07) is 12.1. The molecule has 1 aliphatic rings. The standard InChI is InChI=1S/C20H23FN2O2S/c1-13-11-23(12-14(2)25-13)19-9-6-16(10-18(19)21)22-20(24)15-4-7-17(26-3)8-5-15/h4-10,13-14H,11-12H2,1-3H3,(H,22,24). The van der Waals surface area contributed by atoms with Gasteiger partial charge in [-0.05, 0) is 62.6 Å². The third-order valence-electron chi connectivity index (χ3n) is 4.32. The Bertz CT molecular complexity index is 772. The highest BCUT2D eigenvalue weighted by Gasteiger charge is 2.24. The summed E-state index contributed by atoms with van der Waals surface area (Å²) >= 11 is 1.62. The Labute approximate surface area is 157 Å². The van der Waals surface area contributed by atoms with Crippen LogP contribution in [0.3, 0.4) is 0 Å². The third-order valence-corrected chi connectivity index (χ3v) is 5.06. The van der Waals surface area contributed by atoms with E-state index < -0.39 is 0 Å². The van der Waals surface area contributed by atoms with E-state index in [9.17, 15) is 9.18 Å². The zero-order valence-electron chi connectivity index (χ0n) is 15.2.